The van der Waals surface area contributed by atoms with Gasteiger partial charge in [0.25, 0.3) is 11.5 Å². The number of aromatic nitrogens is 1. The van der Waals surface area contributed by atoms with Gasteiger partial charge in [-0.1, -0.05) is 61.2 Å². The highest BCUT2D eigenvalue weighted by Gasteiger charge is 2.33. The Labute approximate surface area is 209 Å². The van der Waals surface area contributed by atoms with Gasteiger partial charge in [0.1, 0.15) is 21.8 Å². The second kappa shape index (κ2) is 10.2. The van der Waals surface area contributed by atoms with Gasteiger partial charge in [-0.25, -0.2) is 0 Å². The van der Waals surface area contributed by atoms with Crippen LogP contribution >= 0.6 is 24.0 Å². The molecule has 1 atom stereocenters. The number of thiocarbonyl (C=S) groups is 1. The van der Waals surface area contributed by atoms with Crippen LogP contribution in [0.25, 0.3) is 6.08 Å². The van der Waals surface area contributed by atoms with Gasteiger partial charge in [-0.15, -0.1) is 0 Å². The first kappa shape index (κ1) is 24.2. The molecule has 1 amide bonds. The Hall–Kier alpha value is -2.89. The molecule has 0 N–H and O–H groups in total. The predicted molar refractivity (Wildman–Crippen MR) is 142 cm³/mol. The molecule has 0 spiro atoms. The highest BCUT2D eigenvalue weighted by atomic mass is 32.2. The van der Waals surface area contributed by atoms with E-state index in [1.165, 1.54) is 11.8 Å². The molecule has 0 saturated carbocycles. The lowest BCUT2D eigenvalue weighted by molar-refractivity contribution is -0.122. The van der Waals surface area contributed by atoms with Crippen molar-refractivity contribution >= 4 is 46.1 Å². The van der Waals surface area contributed by atoms with Gasteiger partial charge < -0.3 is 4.90 Å². The van der Waals surface area contributed by atoms with Crippen molar-refractivity contribution in [3.05, 3.63) is 67.8 Å². The molecule has 0 bridgehead atoms. The number of carbonyl (C=O) groups excluding carboxylic acids is 1. The molecule has 0 radical (unpaired) electrons. The monoisotopic (exact) mass is 492 g/mol. The highest BCUT2D eigenvalue weighted by Crippen LogP contribution is 2.36. The number of rotatable bonds is 5. The minimum atomic E-state index is -0.305. The van der Waals surface area contributed by atoms with Crippen LogP contribution in [0.3, 0.4) is 0 Å². The van der Waals surface area contributed by atoms with Crippen LogP contribution in [0.1, 0.15) is 42.0 Å². The quantitative estimate of drug-likeness (QED) is 0.459. The number of pyridine rings is 1. The van der Waals surface area contributed by atoms with Crippen molar-refractivity contribution < 1.29 is 4.79 Å². The van der Waals surface area contributed by atoms with E-state index in [-0.39, 0.29) is 17.0 Å². The normalized spacial score (nSPS) is 19.7. The molecule has 1 aromatic carbocycles. The lowest BCUT2D eigenvalue weighted by atomic mass is 9.98. The van der Waals surface area contributed by atoms with Gasteiger partial charge in [-0.2, -0.15) is 5.26 Å². The average Bonchev–Trinajstić information content (AvgIpc) is 3.09. The lowest BCUT2D eigenvalue weighted by Gasteiger charge is -2.35. The predicted octanol–water partition coefficient (Wildman–Crippen LogP) is 4.25. The molecule has 176 valence electrons. The zero-order chi connectivity index (χ0) is 24.4. The largest absolute Gasteiger partial charge is 0.357 e. The number of piperidine rings is 1. The standard InChI is InChI=1S/C26H28N4O2S2/c1-17-8-7-12-29(16-17)23-20(18(2)21(15-27)24(31)28(23)3)14-22-25(32)30(26(33)34-22)13-11-19-9-5-4-6-10-19/h4-6,9-10,14,17H,7-8,11-13,16H2,1-3H3. The summed E-state index contributed by atoms with van der Waals surface area (Å²) in [5.74, 6) is 1.14. The van der Waals surface area contributed by atoms with Crippen LogP contribution in [0.5, 0.6) is 0 Å². The number of nitriles is 1. The second-order valence-corrected chi connectivity index (χ2v) is 10.7. The zero-order valence-corrected chi connectivity index (χ0v) is 21.3. The SMILES string of the molecule is Cc1c(C=C2SC(=S)N(CCc3ccccc3)C2=O)c(N2CCCC(C)C2)n(C)c(=O)c1C#N. The molecule has 2 saturated heterocycles. The Morgan fingerprint density at radius 2 is 2.00 bits per heavy atom. The number of hydrogen-bond acceptors (Lipinski definition) is 6. The number of amides is 1. The highest BCUT2D eigenvalue weighted by molar-refractivity contribution is 8.26. The van der Waals surface area contributed by atoms with E-state index in [2.05, 4.69) is 17.9 Å². The zero-order valence-electron chi connectivity index (χ0n) is 19.7. The van der Waals surface area contributed by atoms with Crippen molar-refractivity contribution in [2.45, 2.75) is 33.1 Å². The molecule has 8 heteroatoms. The molecular formula is C26H28N4O2S2. The summed E-state index contributed by atoms with van der Waals surface area (Å²) in [6.45, 7) is 6.18. The van der Waals surface area contributed by atoms with Crippen molar-refractivity contribution in [1.29, 1.82) is 5.26 Å². The van der Waals surface area contributed by atoms with Crippen LogP contribution in [-0.4, -0.2) is 39.3 Å². The molecule has 1 aromatic heterocycles. The van der Waals surface area contributed by atoms with Crippen LogP contribution in [-0.2, 0) is 18.3 Å². The van der Waals surface area contributed by atoms with E-state index < -0.39 is 0 Å². The summed E-state index contributed by atoms with van der Waals surface area (Å²) in [5, 5.41) is 9.67. The van der Waals surface area contributed by atoms with E-state index in [0.717, 1.165) is 49.3 Å². The molecule has 6 nitrogen and oxygen atoms in total. The second-order valence-electron chi connectivity index (χ2n) is 8.98. The van der Waals surface area contributed by atoms with Crippen molar-refractivity contribution in [3.8, 4) is 6.07 Å². The first-order chi connectivity index (χ1) is 16.3. The lowest BCUT2D eigenvalue weighted by Crippen LogP contribution is -2.39. The molecule has 34 heavy (non-hydrogen) atoms. The van der Waals surface area contributed by atoms with E-state index >= 15 is 0 Å². The van der Waals surface area contributed by atoms with E-state index in [1.54, 1.807) is 23.4 Å². The maximum Gasteiger partial charge on any atom is 0.270 e. The van der Waals surface area contributed by atoms with Crippen molar-refractivity contribution in [2.75, 3.05) is 24.5 Å². The van der Waals surface area contributed by atoms with Gasteiger partial charge in [0.15, 0.2) is 0 Å². The fourth-order valence-electron chi connectivity index (χ4n) is 4.69. The summed E-state index contributed by atoms with van der Waals surface area (Å²) in [4.78, 5) is 30.6. The van der Waals surface area contributed by atoms with Gasteiger partial charge in [-0.05, 0) is 49.3 Å². The van der Waals surface area contributed by atoms with E-state index in [0.29, 0.717) is 27.3 Å². The Morgan fingerprint density at radius 1 is 1.26 bits per heavy atom. The third-order valence-corrected chi connectivity index (χ3v) is 7.92. The summed E-state index contributed by atoms with van der Waals surface area (Å²) in [6, 6.07) is 12.1. The van der Waals surface area contributed by atoms with Gasteiger partial charge in [0, 0.05) is 32.2 Å². The van der Waals surface area contributed by atoms with E-state index in [1.807, 2.05) is 36.4 Å². The Morgan fingerprint density at radius 3 is 2.68 bits per heavy atom. The topological polar surface area (TPSA) is 69.3 Å². The minimum absolute atomic E-state index is 0.113. The number of hydrogen-bond donors (Lipinski definition) is 0. The van der Waals surface area contributed by atoms with E-state index in [4.69, 9.17) is 12.2 Å². The third-order valence-electron chi connectivity index (χ3n) is 6.54. The minimum Gasteiger partial charge on any atom is -0.357 e. The molecule has 2 aliphatic heterocycles. The van der Waals surface area contributed by atoms with Gasteiger partial charge >= 0.3 is 0 Å². The summed E-state index contributed by atoms with van der Waals surface area (Å²) < 4.78 is 2.09. The first-order valence-corrected chi connectivity index (χ1v) is 12.7. The smallest absolute Gasteiger partial charge is 0.270 e. The summed E-state index contributed by atoms with van der Waals surface area (Å²) in [6.07, 6.45) is 4.73. The number of nitrogens with zero attached hydrogens (tertiary/aromatic N) is 4. The molecule has 2 fully saturated rings. The van der Waals surface area contributed by atoms with Gasteiger partial charge in [-0.3, -0.25) is 19.1 Å². The molecule has 4 rings (SSSR count). The van der Waals surface area contributed by atoms with E-state index in [9.17, 15) is 14.9 Å². The Bertz CT molecular complexity index is 1260. The van der Waals surface area contributed by atoms with Crippen LogP contribution in [0.2, 0.25) is 0 Å². The maximum atomic E-state index is 13.3. The Balaban J connectivity index is 1.72. The number of benzene rings is 1. The maximum absolute atomic E-state index is 13.3. The molecular weight excluding hydrogens is 464 g/mol. The van der Waals surface area contributed by atoms with Crippen molar-refractivity contribution in [1.82, 2.24) is 9.47 Å². The average molecular weight is 493 g/mol. The van der Waals surface area contributed by atoms with Crippen LogP contribution in [0.15, 0.2) is 40.0 Å². The molecule has 3 heterocycles. The summed E-state index contributed by atoms with van der Waals surface area (Å²) in [5.41, 5.74) is 2.31. The number of carbonyl (C=O) groups is 1. The fourth-order valence-corrected chi connectivity index (χ4v) is 5.98. The summed E-state index contributed by atoms with van der Waals surface area (Å²) in [7, 11) is 1.71. The van der Waals surface area contributed by atoms with Crippen molar-refractivity contribution in [3.63, 3.8) is 0 Å². The molecule has 2 aliphatic rings. The van der Waals surface area contributed by atoms with Gasteiger partial charge in [0.05, 0.1) is 4.91 Å². The third kappa shape index (κ3) is 4.68. The van der Waals surface area contributed by atoms with Gasteiger partial charge in [0.2, 0.25) is 0 Å². The molecule has 2 aromatic rings. The van der Waals surface area contributed by atoms with Crippen LogP contribution < -0.4 is 10.5 Å². The summed E-state index contributed by atoms with van der Waals surface area (Å²) >= 11 is 6.82. The van der Waals surface area contributed by atoms with Crippen molar-refractivity contribution in [2.24, 2.45) is 13.0 Å². The van der Waals surface area contributed by atoms with Crippen LogP contribution in [0.4, 0.5) is 5.82 Å². The fraction of sp³-hybridized carbons (Fsp3) is 0.385. The molecule has 0 aliphatic carbocycles. The number of anilines is 1. The molecule has 1 unspecified atom stereocenters. The Kier molecular flexibility index (Phi) is 7.24. The van der Waals surface area contributed by atoms with Crippen LogP contribution in [0, 0.1) is 24.2 Å². The number of thioether (sulfide) groups is 1. The first-order valence-electron chi connectivity index (χ1n) is 11.5.